The maximum absolute atomic E-state index is 5.26. The lowest BCUT2D eigenvalue weighted by molar-refractivity contribution is 0.121. The van der Waals surface area contributed by atoms with E-state index in [0.29, 0.717) is 11.8 Å². The monoisotopic (exact) mass is 212 g/mol. The molecular formula is C9H16N4O2. The number of hydrogen-bond acceptors (Lipinski definition) is 6. The molecule has 6 nitrogen and oxygen atoms in total. The zero-order valence-corrected chi connectivity index (χ0v) is 8.90. The van der Waals surface area contributed by atoms with Crippen LogP contribution >= 0.6 is 0 Å². The van der Waals surface area contributed by atoms with Gasteiger partial charge in [-0.2, -0.15) is 4.98 Å². The number of nitrogens with one attached hydrogen (secondary N) is 1. The SMILES string of the molecule is CNCCc1nc(N2CCOCC2)no1. The Hall–Kier alpha value is -1.14. The summed E-state index contributed by atoms with van der Waals surface area (Å²) >= 11 is 0. The van der Waals surface area contributed by atoms with Gasteiger partial charge in [0.15, 0.2) is 0 Å². The molecule has 1 N–H and O–H groups in total. The Balaban J connectivity index is 1.93. The first kappa shape index (κ1) is 10.4. The number of hydrogen-bond donors (Lipinski definition) is 1. The highest BCUT2D eigenvalue weighted by Gasteiger charge is 2.16. The Kier molecular flexibility index (Phi) is 3.52. The fourth-order valence-corrected chi connectivity index (χ4v) is 1.47. The molecule has 0 aliphatic carbocycles. The summed E-state index contributed by atoms with van der Waals surface area (Å²) in [6.45, 7) is 4.00. The summed E-state index contributed by atoms with van der Waals surface area (Å²) in [4.78, 5) is 6.40. The lowest BCUT2D eigenvalue weighted by atomic mass is 10.4. The van der Waals surface area contributed by atoms with E-state index in [1.807, 2.05) is 7.05 Å². The number of likely N-dealkylation sites (N-methyl/N-ethyl adjacent to an activating group) is 1. The van der Waals surface area contributed by atoms with Crippen LogP contribution in [0.4, 0.5) is 5.95 Å². The van der Waals surface area contributed by atoms with Gasteiger partial charge in [-0.25, -0.2) is 0 Å². The van der Waals surface area contributed by atoms with E-state index >= 15 is 0 Å². The van der Waals surface area contributed by atoms with E-state index in [1.54, 1.807) is 0 Å². The van der Waals surface area contributed by atoms with E-state index in [-0.39, 0.29) is 0 Å². The smallest absolute Gasteiger partial charge is 0.266 e. The zero-order valence-electron chi connectivity index (χ0n) is 8.90. The summed E-state index contributed by atoms with van der Waals surface area (Å²) in [6.07, 6.45) is 0.772. The van der Waals surface area contributed by atoms with Crippen LogP contribution in [0.25, 0.3) is 0 Å². The molecule has 84 valence electrons. The number of ether oxygens (including phenoxy) is 1. The van der Waals surface area contributed by atoms with Crippen LogP contribution in [-0.2, 0) is 11.2 Å². The fourth-order valence-electron chi connectivity index (χ4n) is 1.47. The second-order valence-electron chi connectivity index (χ2n) is 3.44. The molecule has 1 aromatic heterocycles. The molecule has 0 aromatic carbocycles. The summed E-state index contributed by atoms with van der Waals surface area (Å²) in [7, 11) is 1.90. The zero-order chi connectivity index (χ0) is 10.5. The molecule has 2 rings (SSSR count). The van der Waals surface area contributed by atoms with E-state index < -0.39 is 0 Å². The predicted octanol–water partition coefficient (Wildman–Crippen LogP) is -0.332. The molecule has 15 heavy (non-hydrogen) atoms. The summed E-state index contributed by atoms with van der Waals surface area (Å²) in [5, 5.41) is 6.99. The van der Waals surface area contributed by atoms with Crippen LogP contribution in [0.2, 0.25) is 0 Å². The molecule has 1 saturated heterocycles. The second kappa shape index (κ2) is 5.09. The van der Waals surface area contributed by atoms with Crippen LogP contribution < -0.4 is 10.2 Å². The van der Waals surface area contributed by atoms with Gasteiger partial charge in [0.25, 0.3) is 5.95 Å². The van der Waals surface area contributed by atoms with Gasteiger partial charge in [0.2, 0.25) is 5.89 Å². The summed E-state index contributed by atoms with van der Waals surface area (Å²) in [5.74, 6) is 1.37. The Morgan fingerprint density at radius 1 is 1.40 bits per heavy atom. The lowest BCUT2D eigenvalue weighted by Gasteiger charge is -2.24. The number of morpholine rings is 1. The van der Waals surface area contributed by atoms with Crippen molar-refractivity contribution in [2.24, 2.45) is 0 Å². The van der Waals surface area contributed by atoms with Crippen molar-refractivity contribution >= 4 is 5.95 Å². The molecule has 1 aromatic rings. The Labute approximate surface area is 88.6 Å². The van der Waals surface area contributed by atoms with Crippen LogP contribution in [-0.4, -0.2) is 50.0 Å². The van der Waals surface area contributed by atoms with Gasteiger partial charge in [-0.1, -0.05) is 0 Å². The number of nitrogens with zero attached hydrogens (tertiary/aromatic N) is 3. The predicted molar refractivity (Wildman–Crippen MR) is 55.0 cm³/mol. The molecule has 0 spiro atoms. The molecule has 6 heteroatoms. The summed E-state index contributed by atoms with van der Waals surface area (Å²) in [5.41, 5.74) is 0. The molecule has 0 saturated carbocycles. The van der Waals surface area contributed by atoms with Crippen LogP contribution in [0, 0.1) is 0 Å². The highest BCUT2D eigenvalue weighted by molar-refractivity contribution is 5.27. The number of rotatable bonds is 4. The van der Waals surface area contributed by atoms with Crippen LogP contribution in [0.3, 0.4) is 0 Å². The van der Waals surface area contributed by atoms with Crippen molar-refractivity contribution in [2.45, 2.75) is 6.42 Å². The van der Waals surface area contributed by atoms with Crippen molar-refractivity contribution < 1.29 is 9.26 Å². The average Bonchev–Trinajstić information content (AvgIpc) is 2.76. The third kappa shape index (κ3) is 2.66. The van der Waals surface area contributed by atoms with Gasteiger partial charge in [-0.3, -0.25) is 0 Å². The molecule has 1 aliphatic heterocycles. The molecule has 0 amide bonds. The minimum atomic E-state index is 0.685. The second-order valence-corrected chi connectivity index (χ2v) is 3.44. The van der Waals surface area contributed by atoms with E-state index in [0.717, 1.165) is 39.3 Å². The van der Waals surface area contributed by atoms with Crippen LogP contribution in [0.5, 0.6) is 0 Å². The van der Waals surface area contributed by atoms with Gasteiger partial charge in [-0.05, 0) is 12.2 Å². The molecule has 0 bridgehead atoms. The van der Waals surface area contributed by atoms with Gasteiger partial charge in [0, 0.05) is 26.1 Å². The third-order valence-corrected chi connectivity index (χ3v) is 2.34. The molecular weight excluding hydrogens is 196 g/mol. The maximum Gasteiger partial charge on any atom is 0.266 e. The highest BCUT2D eigenvalue weighted by Crippen LogP contribution is 2.11. The van der Waals surface area contributed by atoms with E-state index in [1.165, 1.54) is 0 Å². The van der Waals surface area contributed by atoms with Crippen molar-refractivity contribution in [1.29, 1.82) is 0 Å². The summed E-state index contributed by atoms with van der Waals surface area (Å²) in [6, 6.07) is 0. The molecule has 0 radical (unpaired) electrons. The maximum atomic E-state index is 5.26. The molecule has 1 aliphatic rings. The van der Waals surface area contributed by atoms with Crippen molar-refractivity contribution in [3.8, 4) is 0 Å². The van der Waals surface area contributed by atoms with Gasteiger partial charge < -0.3 is 19.5 Å². The first-order valence-electron chi connectivity index (χ1n) is 5.20. The first-order chi connectivity index (χ1) is 7.40. The average molecular weight is 212 g/mol. The largest absolute Gasteiger partial charge is 0.378 e. The quantitative estimate of drug-likeness (QED) is 0.737. The molecule has 2 heterocycles. The van der Waals surface area contributed by atoms with E-state index in [2.05, 4.69) is 20.4 Å². The number of anilines is 1. The topological polar surface area (TPSA) is 63.4 Å². The van der Waals surface area contributed by atoms with Gasteiger partial charge in [0.05, 0.1) is 13.2 Å². The number of aromatic nitrogens is 2. The Morgan fingerprint density at radius 2 is 2.20 bits per heavy atom. The summed E-state index contributed by atoms with van der Waals surface area (Å²) < 4.78 is 10.4. The van der Waals surface area contributed by atoms with Crippen molar-refractivity contribution in [3.05, 3.63) is 5.89 Å². The first-order valence-corrected chi connectivity index (χ1v) is 5.20. The fraction of sp³-hybridized carbons (Fsp3) is 0.778. The van der Waals surface area contributed by atoms with Crippen LogP contribution in [0.15, 0.2) is 4.52 Å². The minimum Gasteiger partial charge on any atom is -0.378 e. The third-order valence-electron chi connectivity index (χ3n) is 2.34. The molecule has 0 atom stereocenters. The van der Waals surface area contributed by atoms with Gasteiger partial charge in [-0.15, -0.1) is 0 Å². The minimum absolute atomic E-state index is 0.685. The Morgan fingerprint density at radius 3 is 2.93 bits per heavy atom. The lowest BCUT2D eigenvalue weighted by Crippen LogP contribution is -2.36. The van der Waals surface area contributed by atoms with E-state index in [4.69, 9.17) is 9.26 Å². The highest BCUT2D eigenvalue weighted by atomic mass is 16.5. The van der Waals surface area contributed by atoms with Crippen molar-refractivity contribution in [3.63, 3.8) is 0 Å². The normalized spacial score (nSPS) is 17.0. The van der Waals surface area contributed by atoms with E-state index in [9.17, 15) is 0 Å². The molecule has 1 fully saturated rings. The van der Waals surface area contributed by atoms with Gasteiger partial charge >= 0.3 is 0 Å². The van der Waals surface area contributed by atoms with Crippen molar-refractivity contribution in [2.75, 3.05) is 44.8 Å². The van der Waals surface area contributed by atoms with Crippen LogP contribution in [0.1, 0.15) is 5.89 Å². The van der Waals surface area contributed by atoms with Gasteiger partial charge in [0.1, 0.15) is 0 Å². The molecule has 0 unspecified atom stereocenters. The standard InChI is InChI=1S/C9H16N4O2/c1-10-3-2-8-11-9(12-15-8)13-4-6-14-7-5-13/h10H,2-7H2,1H3. The van der Waals surface area contributed by atoms with Crippen molar-refractivity contribution in [1.82, 2.24) is 15.5 Å². The Bertz CT molecular complexity index is 296.